The van der Waals surface area contributed by atoms with Gasteiger partial charge in [-0.2, -0.15) is 0 Å². The first kappa shape index (κ1) is 19.6. The van der Waals surface area contributed by atoms with E-state index < -0.39 is 16.8 Å². The summed E-state index contributed by atoms with van der Waals surface area (Å²) < 4.78 is 13.1. The number of hydrogen-bond donors (Lipinski definition) is 2. The lowest BCUT2D eigenvalue weighted by Gasteiger charge is -2.31. The number of amides is 1. The molecule has 0 aliphatic carbocycles. The Balaban J connectivity index is 2.24. The second-order valence-electron chi connectivity index (χ2n) is 6.92. The highest BCUT2D eigenvalue weighted by Gasteiger charge is 2.40. The number of rotatable bonds is 7. The van der Waals surface area contributed by atoms with Crippen LogP contribution in [-0.4, -0.2) is 23.5 Å². The van der Waals surface area contributed by atoms with Gasteiger partial charge >= 0.3 is 5.97 Å². The maximum atomic E-state index is 13.1. The normalized spacial score (nSPS) is 13.7. The molecule has 5 heteroatoms. The van der Waals surface area contributed by atoms with Crippen LogP contribution >= 0.6 is 0 Å². The van der Waals surface area contributed by atoms with Crippen LogP contribution in [0.1, 0.15) is 38.3 Å². The first-order valence-electron chi connectivity index (χ1n) is 8.57. The van der Waals surface area contributed by atoms with Crippen molar-refractivity contribution in [3.05, 3.63) is 71.5 Å². The Bertz CT molecular complexity index is 772. The third-order valence-electron chi connectivity index (χ3n) is 5.02. The van der Waals surface area contributed by atoms with Crippen molar-refractivity contribution < 1.29 is 19.1 Å². The molecule has 2 aromatic rings. The fourth-order valence-electron chi connectivity index (χ4n) is 2.99. The third kappa shape index (κ3) is 3.77. The van der Waals surface area contributed by atoms with E-state index in [1.807, 2.05) is 6.07 Å². The van der Waals surface area contributed by atoms with Crippen molar-refractivity contribution in [2.45, 2.75) is 38.0 Å². The highest BCUT2D eigenvalue weighted by molar-refractivity contribution is 5.89. The standard InChI is InChI=1S/C21H24FNO3/c1-4-21(19(25)26,16-8-6-5-7-9-16)14-23-18(24)20(2,3)15-10-12-17(22)13-11-15/h5-13H,4,14H2,1-3H3,(H,23,24)(H,25,26). The number of halogens is 1. The quantitative estimate of drug-likeness (QED) is 0.795. The zero-order valence-corrected chi connectivity index (χ0v) is 15.3. The summed E-state index contributed by atoms with van der Waals surface area (Å²) in [5.41, 5.74) is -0.804. The Morgan fingerprint density at radius 2 is 1.58 bits per heavy atom. The van der Waals surface area contributed by atoms with Crippen LogP contribution in [0.2, 0.25) is 0 Å². The van der Waals surface area contributed by atoms with Gasteiger partial charge in [0.2, 0.25) is 5.91 Å². The van der Waals surface area contributed by atoms with E-state index in [9.17, 15) is 19.1 Å². The maximum absolute atomic E-state index is 13.1. The third-order valence-corrected chi connectivity index (χ3v) is 5.02. The minimum Gasteiger partial charge on any atom is -0.481 e. The zero-order chi connectivity index (χ0) is 19.4. The van der Waals surface area contributed by atoms with Crippen LogP contribution in [0.3, 0.4) is 0 Å². The van der Waals surface area contributed by atoms with Gasteiger partial charge in [0.15, 0.2) is 0 Å². The smallest absolute Gasteiger partial charge is 0.315 e. The zero-order valence-electron chi connectivity index (χ0n) is 15.3. The Hall–Kier alpha value is -2.69. The van der Waals surface area contributed by atoms with Gasteiger partial charge < -0.3 is 10.4 Å². The van der Waals surface area contributed by atoms with Crippen LogP contribution < -0.4 is 5.32 Å². The van der Waals surface area contributed by atoms with Gasteiger partial charge in [-0.15, -0.1) is 0 Å². The van der Waals surface area contributed by atoms with Crippen molar-refractivity contribution in [1.29, 1.82) is 0 Å². The summed E-state index contributed by atoms with van der Waals surface area (Å²) in [5.74, 6) is -1.66. The molecule has 138 valence electrons. The second-order valence-corrected chi connectivity index (χ2v) is 6.92. The highest BCUT2D eigenvalue weighted by Crippen LogP contribution is 2.29. The molecule has 0 saturated carbocycles. The number of aliphatic carboxylic acids is 1. The number of hydrogen-bond acceptors (Lipinski definition) is 2. The molecule has 0 fully saturated rings. The Morgan fingerprint density at radius 3 is 2.08 bits per heavy atom. The SMILES string of the molecule is CCC(CNC(=O)C(C)(C)c1ccc(F)cc1)(C(=O)O)c1ccccc1. The summed E-state index contributed by atoms with van der Waals surface area (Å²) in [6.45, 7) is 5.23. The lowest BCUT2D eigenvalue weighted by Crippen LogP contribution is -2.50. The van der Waals surface area contributed by atoms with E-state index in [4.69, 9.17) is 0 Å². The lowest BCUT2D eigenvalue weighted by molar-refractivity contribution is -0.144. The van der Waals surface area contributed by atoms with Crippen LogP contribution in [0.5, 0.6) is 0 Å². The number of carbonyl (C=O) groups is 2. The molecule has 0 radical (unpaired) electrons. The Kier molecular flexibility index (Phi) is 5.80. The molecule has 0 aromatic heterocycles. The molecule has 2 rings (SSSR count). The Labute approximate surface area is 153 Å². The van der Waals surface area contributed by atoms with E-state index in [1.165, 1.54) is 12.1 Å². The van der Waals surface area contributed by atoms with Crippen molar-refractivity contribution in [3.63, 3.8) is 0 Å². The number of carboxylic acid groups (broad SMARTS) is 1. The molecular weight excluding hydrogens is 333 g/mol. The summed E-state index contributed by atoms with van der Waals surface area (Å²) in [6, 6.07) is 14.7. The molecule has 0 saturated heterocycles. The molecule has 2 aromatic carbocycles. The number of nitrogens with one attached hydrogen (secondary N) is 1. The Morgan fingerprint density at radius 1 is 1.00 bits per heavy atom. The van der Waals surface area contributed by atoms with E-state index in [0.717, 1.165) is 0 Å². The van der Waals surface area contributed by atoms with Gasteiger partial charge in [0.1, 0.15) is 11.2 Å². The van der Waals surface area contributed by atoms with E-state index in [2.05, 4.69) is 5.32 Å². The van der Waals surface area contributed by atoms with E-state index in [-0.39, 0.29) is 18.3 Å². The van der Waals surface area contributed by atoms with Crippen LogP contribution in [0.25, 0.3) is 0 Å². The first-order valence-corrected chi connectivity index (χ1v) is 8.57. The average Bonchev–Trinajstić information content (AvgIpc) is 2.63. The summed E-state index contributed by atoms with van der Waals surface area (Å²) >= 11 is 0. The molecule has 4 nitrogen and oxygen atoms in total. The highest BCUT2D eigenvalue weighted by atomic mass is 19.1. The van der Waals surface area contributed by atoms with Crippen molar-refractivity contribution in [1.82, 2.24) is 5.32 Å². The van der Waals surface area contributed by atoms with Gasteiger partial charge in [-0.25, -0.2) is 4.39 Å². The number of benzene rings is 2. The largest absolute Gasteiger partial charge is 0.481 e. The predicted octanol–water partition coefficient (Wildman–Crippen LogP) is 3.65. The monoisotopic (exact) mass is 357 g/mol. The molecule has 0 spiro atoms. The fourth-order valence-corrected chi connectivity index (χ4v) is 2.99. The van der Waals surface area contributed by atoms with E-state index >= 15 is 0 Å². The molecule has 1 unspecified atom stereocenters. The van der Waals surface area contributed by atoms with Crippen molar-refractivity contribution in [3.8, 4) is 0 Å². The van der Waals surface area contributed by atoms with Crippen LogP contribution in [0, 0.1) is 5.82 Å². The van der Waals surface area contributed by atoms with Crippen molar-refractivity contribution in [2.24, 2.45) is 0 Å². The van der Waals surface area contributed by atoms with Gasteiger partial charge in [-0.05, 0) is 43.5 Å². The van der Waals surface area contributed by atoms with Crippen LogP contribution in [0.15, 0.2) is 54.6 Å². The maximum Gasteiger partial charge on any atom is 0.315 e. The van der Waals surface area contributed by atoms with Gasteiger partial charge in [0.05, 0.1) is 5.41 Å². The summed E-state index contributed by atoms with van der Waals surface area (Å²) in [4.78, 5) is 24.8. The fraction of sp³-hybridized carbons (Fsp3) is 0.333. The van der Waals surface area contributed by atoms with E-state index in [0.29, 0.717) is 17.5 Å². The van der Waals surface area contributed by atoms with Crippen LogP contribution in [-0.2, 0) is 20.4 Å². The minimum absolute atomic E-state index is 0.0215. The first-order chi connectivity index (χ1) is 12.2. The minimum atomic E-state index is -1.20. The number of carbonyl (C=O) groups excluding carboxylic acids is 1. The molecule has 1 amide bonds. The molecular formula is C21H24FNO3. The second kappa shape index (κ2) is 7.68. The molecule has 0 heterocycles. The van der Waals surface area contributed by atoms with Gasteiger partial charge in [-0.1, -0.05) is 49.4 Å². The van der Waals surface area contributed by atoms with Gasteiger partial charge in [0.25, 0.3) is 0 Å². The molecule has 0 aliphatic rings. The summed E-state index contributed by atoms with van der Waals surface area (Å²) in [5, 5.41) is 12.6. The molecule has 0 bridgehead atoms. The molecule has 2 N–H and O–H groups in total. The molecule has 26 heavy (non-hydrogen) atoms. The average molecular weight is 357 g/mol. The van der Waals surface area contributed by atoms with Crippen molar-refractivity contribution in [2.75, 3.05) is 6.54 Å². The molecule has 1 atom stereocenters. The van der Waals surface area contributed by atoms with Crippen molar-refractivity contribution >= 4 is 11.9 Å². The number of carboxylic acids is 1. The topological polar surface area (TPSA) is 66.4 Å². The van der Waals surface area contributed by atoms with E-state index in [1.54, 1.807) is 57.2 Å². The lowest BCUT2D eigenvalue weighted by atomic mass is 9.77. The summed E-state index contributed by atoms with van der Waals surface area (Å²) in [7, 11) is 0. The van der Waals surface area contributed by atoms with Gasteiger partial charge in [-0.3, -0.25) is 9.59 Å². The predicted molar refractivity (Wildman–Crippen MR) is 98.5 cm³/mol. The van der Waals surface area contributed by atoms with Crippen LogP contribution in [0.4, 0.5) is 4.39 Å². The molecule has 0 aliphatic heterocycles. The van der Waals surface area contributed by atoms with Gasteiger partial charge in [0, 0.05) is 6.54 Å². The summed E-state index contributed by atoms with van der Waals surface area (Å²) in [6.07, 6.45) is 0.337.